The zero-order valence-electron chi connectivity index (χ0n) is 18.7. The van der Waals surface area contributed by atoms with Crippen LogP contribution in [0.25, 0.3) is 22.2 Å². The average Bonchev–Trinajstić information content (AvgIpc) is 3.51. The number of rotatable bonds is 7. The fourth-order valence-corrected chi connectivity index (χ4v) is 4.38. The molecule has 1 atom stereocenters. The van der Waals surface area contributed by atoms with Crippen LogP contribution in [-0.2, 0) is 5.60 Å². The Labute approximate surface area is 191 Å². The number of hydrogen-bond acceptors (Lipinski definition) is 6. The van der Waals surface area contributed by atoms with Gasteiger partial charge in [0.2, 0.25) is 0 Å². The van der Waals surface area contributed by atoms with Gasteiger partial charge in [-0.15, -0.1) is 0 Å². The predicted molar refractivity (Wildman–Crippen MR) is 128 cm³/mol. The highest BCUT2D eigenvalue weighted by Gasteiger charge is 2.41. The molecule has 4 aromatic rings. The summed E-state index contributed by atoms with van der Waals surface area (Å²) in [6.07, 6.45) is 6.77. The molecule has 33 heavy (non-hydrogen) atoms. The van der Waals surface area contributed by atoms with Gasteiger partial charge in [-0.3, -0.25) is 9.98 Å². The van der Waals surface area contributed by atoms with E-state index in [0.717, 1.165) is 41.0 Å². The second-order valence-electron chi connectivity index (χ2n) is 8.34. The van der Waals surface area contributed by atoms with Crippen molar-refractivity contribution in [2.45, 2.75) is 38.2 Å². The molecular weight excluding hydrogens is 414 g/mol. The van der Waals surface area contributed by atoms with Crippen LogP contribution in [0.5, 0.6) is 0 Å². The number of aromatic amines is 1. The third-order valence-electron chi connectivity index (χ3n) is 6.11. The van der Waals surface area contributed by atoms with Crippen molar-refractivity contribution in [3.8, 4) is 11.1 Å². The Morgan fingerprint density at radius 3 is 2.70 bits per heavy atom. The smallest absolute Gasteiger partial charge is 0.176 e. The Kier molecular flexibility index (Phi) is 5.06. The first kappa shape index (κ1) is 21.0. The molecule has 0 spiro atoms. The first-order valence-corrected chi connectivity index (χ1v) is 10.9. The van der Waals surface area contributed by atoms with Crippen LogP contribution in [0.4, 0.5) is 0 Å². The Hall–Kier alpha value is -3.84. The van der Waals surface area contributed by atoms with Crippen LogP contribution < -0.4 is 0 Å². The second-order valence-corrected chi connectivity index (χ2v) is 8.34. The number of imidazole rings is 1. The van der Waals surface area contributed by atoms with E-state index in [1.807, 2.05) is 32.0 Å². The van der Waals surface area contributed by atoms with E-state index < -0.39 is 5.60 Å². The van der Waals surface area contributed by atoms with Crippen LogP contribution in [0.3, 0.4) is 0 Å². The molecule has 0 radical (unpaired) electrons. The highest BCUT2D eigenvalue weighted by atomic mass is 16.5. The van der Waals surface area contributed by atoms with Crippen molar-refractivity contribution in [3.05, 3.63) is 90.5 Å². The standard InChI is InChI=1S/C26H25N5O2/c1-5-21(27-6-2)26(32,22-9-7-8-12-28-22)19-13-18(23-15(3)31-33-16(23)4)14-20-24(19)30-25(29-20)17-10-11-17/h5-9,12-14,17,32H,1-2,10-11H2,3-4H3,(H,29,30). The third kappa shape index (κ3) is 3.41. The van der Waals surface area contributed by atoms with Crippen molar-refractivity contribution < 1.29 is 9.63 Å². The molecule has 1 aliphatic carbocycles. The second kappa shape index (κ2) is 7.94. The number of benzene rings is 1. The zero-order valence-corrected chi connectivity index (χ0v) is 18.7. The Bertz CT molecular complexity index is 1380. The lowest BCUT2D eigenvalue weighted by Crippen LogP contribution is -2.37. The van der Waals surface area contributed by atoms with Gasteiger partial charge in [0.05, 0.1) is 28.1 Å². The number of aliphatic imine (C=N–C) groups is 1. The van der Waals surface area contributed by atoms with Gasteiger partial charge >= 0.3 is 0 Å². The van der Waals surface area contributed by atoms with Crippen molar-refractivity contribution in [1.29, 1.82) is 0 Å². The number of nitrogens with zero attached hydrogens (tertiary/aromatic N) is 4. The fourth-order valence-electron chi connectivity index (χ4n) is 4.38. The van der Waals surface area contributed by atoms with Gasteiger partial charge in [-0.25, -0.2) is 4.98 Å². The number of pyridine rings is 1. The van der Waals surface area contributed by atoms with Crippen molar-refractivity contribution in [1.82, 2.24) is 20.1 Å². The summed E-state index contributed by atoms with van der Waals surface area (Å²) in [5.74, 6) is 2.03. The maximum Gasteiger partial charge on any atom is 0.176 e. The van der Waals surface area contributed by atoms with Crippen molar-refractivity contribution in [3.63, 3.8) is 0 Å². The van der Waals surface area contributed by atoms with E-state index in [4.69, 9.17) is 9.51 Å². The first-order chi connectivity index (χ1) is 16.0. The predicted octanol–water partition coefficient (Wildman–Crippen LogP) is 5.11. The summed E-state index contributed by atoms with van der Waals surface area (Å²) in [6, 6.07) is 9.35. The monoisotopic (exact) mass is 439 g/mol. The molecule has 1 unspecified atom stereocenters. The van der Waals surface area contributed by atoms with E-state index >= 15 is 0 Å². The largest absolute Gasteiger partial charge is 0.373 e. The number of fused-ring (bicyclic) bond motifs is 1. The summed E-state index contributed by atoms with van der Waals surface area (Å²) < 4.78 is 5.43. The summed E-state index contributed by atoms with van der Waals surface area (Å²) in [5.41, 5.74) is 3.56. The molecule has 1 aromatic carbocycles. The van der Waals surface area contributed by atoms with Gasteiger partial charge in [0.15, 0.2) is 5.60 Å². The molecule has 0 saturated heterocycles. The number of aryl methyl sites for hydroxylation is 2. The van der Waals surface area contributed by atoms with Crippen LogP contribution >= 0.6 is 0 Å². The van der Waals surface area contributed by atoms with Gasteiger partial charge in [-0.05, 0) is 62.6 Å². The SMILES string of the molecule is C=CN=C(C=C)C(O)(c1ccccn1)c1cc(-c2c(C)noc2C)cc2[nH]c(C3CC3)nc12. The number of aromatic nitrogens is 4. The number of H-pyrrole nitrogens is 1. The first-order valence-electron chi connectivity index (χ1n) is 10.9. The topological polar surface area (TPSA) is 100 Å². The Balaban J connectivity index is 1.88. The zero-order chi connectivity index (χ0) is 23.2. The van der Waals surface area contributed by atoms with Gasteiger partial charge in [0.1, 0.15) is 11.6 Å². The molecule has 3 heterocycles. The molecule has 5 rings (SSSR count). The minimum absolute atomic E-state index is 0.310. The average molecular weight is 440 g/mol. The highest BCUT2D eigenvalue weighted by Crippen LogP contribution is 2.43. The molecule has 0 amide bonds. The van der Waals surface area contributed by atoms with E-state index in [1.165, 1.54) is 12.3 Å². The highest BCUT2D eigenvalue weighted by molar-refractivity contribution is 6.07. The van der Waals surface area contributed by atoms with E-state index in [1.54, 1.807) is 18.3 Å². The lowest BCUT2D eigenvalue weighted by molar-refractivity contribution is 0.153. The summed E-state index contributed by atoms with van der Waals surface area (Å²) in [7, 11) is 0. The van der Waals surface area contributed by atoms with E-state index in [0.29, 0.717) is 34.2 Å². The van der Waals surface area contributed by atoms with Gasteiger partial charge in [0.25, 0.3) is 0 Å². The number of nitrogens with one attached hydrogen (secondary N) is 1. The van der Waals surface area contributed by atoms with Crippen molar-refractivity contribution in [2.75, 3.05) is 0 Å². The third-order valence-corrected chi connectivity index (χ3v) is 6.11. The van der Waals surface area contributed by atoms with E-state index in [2.05, 4.69) is 33.3 Å². The minimum atomic E-state index is -1.71. The van der Waals surface area contributed by atoms with Gasteiger partial charge < -0.3 is 14.6 Å². The summed E-state index contributed by atoms with van der Waals surface area (Å²) in [4.78, 5) is 17.2. The molecule has 1 aliphatic rings. The molecule has 7 nitrogen and oxygen atoms in total. The van der Waals surface area contributed by atoms with Crippen LogP contribution in [0.1, 0.15) is 47.3 Å². The summed E-state index contributed by atoms with van der Waals surface area (Å²) in [5, 5.41) is 16.5. The number of hydrogen-bond donors (Lipinski definition) is 2. The fraction of sp³-hybridized carbons (Fsp3) is 0.231. The molecule has 1 fully saturated rings. The van der Waals surface area contributed by atoms with Gasteiger partial charge in [0, 0.05) is 29.4 Å². The molecule has 3 aromatic heterocycles. The molecule has 166 valence electrons. The van der Waals surface area contributed by atoms with Crippen LogP contribution in [0, 0.1) is 13.8 Å². The van der Waals surface area contributed by atoms with Crippen LogP contribution in [0.2, 0.25) is 0 Å². The quantitative estimate of drug-likeness (QED) is 0.390. The maximum atomic E-state index is 12.4. The lowest BCUT2D eigenvalue weighted by atomic mass is 9.82. The van der Waals surface area contributed by atoms with Crippen molar-refractivity contribution in [2.24, 2.45) is 4.99 Å². The Morgan fingerprint density at radius 1 is 1.27 bits per heavy atom. The molecule has 7 heteroatoms. The normalized spacial score (nSPS) is 16.0. The van der Waals surface area contributed by atoms with Gasteiger partial charge in [-0.2, -0.15) is 0 Å². The van der Waals surface area contributed by atoms with Gasteiger partial charge in [-0.1, -0.05) is 24.4 Å². The summed E-state index contributed by atoms with van der Waals surface area (Å²) >= 11 is 0. The van der Waals surface area contributed by atoms with Crippen LogP contribution in [0.15, 0.2) is 71.5 Å². The molecule has 2 N–H and O–H groups in total. The summed E-state index contributed by atoms with van der Waals surface area (Å²) in [6.45, 7) is 11.4. The molecule has 0 aliphatic heterocycles. The Morgan fingerprint density at radius 2 is 2.09 bits per heavy atom. The molecular formula is C26H25N5O2. The minimum Gasteiger partial charge on any atom is -0.373 e. The lowest BCUT2D eigenvalue weighted by Gasteiger charge is -2.29. The molecule has 1 saturated carbocycles. The van der Waals surface area contributed by atoms with E-state index in [9.17, 15) is 5.11 Å². The number of aliphatic hydroxyl groups is 1. The molecule has 0 bridgehead atoms. The van der Waals surface area contributed by atoms with Crippen molar-refractivity contribution >= 4 is 16.7 Å². The maximum absolute atomic E-state index is 12.4. The van der Waals surface area contributed by atoms with Crippen LogP contribution in [-0.4, -0.2) is 30.9 Å². The van der Waals surface area contributed by atoms with E-state index in [-0.39, 0.29) is 0 Å².